The van der Waals surface area contributed by atoms with Crippen LogP contribution in [0.5, 0.6) is 11.5 Å². The molecule has 0 aliphatic heterocycles. The fourth-order valence-electron chi connectivity index (χ4n) is 3.66. The Morgan fingerprint density at radius 2 is 1.61 bits per heavy atom. The average Bonchev–Trinajstić information content (AvgIpc) is 2.57. The first-order valence-corrected chi connectivity index (χ1v) is 8.88. The fraction of sp³-hybridized carbons (Fsp3) is 0.684. The zero-order valence-electron chi connectivity index (χ0n) is 15.2. The number of ether oxygens (including phenoxy) is 2. The van der Waals surface area contributed by atoms with Crippen molar-refractivity contribution in [3.05, 3.63) is 23.3 Å². The van der Waals surface area contributed by atoms with E-state index in [0.29, 0.717) is 12.0 Å². The van der Waals surface area contributed by atoms with E-state index >= 15 is 0 Å². The number of fused-ring (bicyclic) bond motifs is 1. The molecule has 0 amide bonds. The summed E-state index contributed by atoms with van der Waals surface area (Å²) >= 11 is 0. The zero-order chi connectivity index (χ0) is 16.8. The van der Waals surface area contributed by atoms with Gasteiger partial charge in [-0.3, -0.25) is 0 Å². The molecule has 0 fully saturated rings. The molecular formula is C19H32N2O2. The van der Waals surface area contributed by atoms with Gasteiger partial charge in [0.1, 0.15) is 11.5 Å². The first-order valence-electron chi connectivity index (χ1n) is 8.88. The summed E-state index contributed by atoms with van der Waals surface area (Å²) in [6.45, 7) is 8.79. The molecule has 1 aromatic carbocycles. The zero-order valence-corrected chi connectivity index (χ0v) is 15.2. The Morgan fingerprint density at radius 1 is 1.00 bits per heavy atom. The van der Waals surface area contributed by atoms with Gasteiger partial charge in [-0.1, -0.05) is 20.8 Å². The van der Waals surface area contributed by atoms with Crippen molar-refractivity contribution in [2.24, 2.45) is 5.92 Å². The van der Waals surface area contributed by atoms with Gasteiger partial charge < -0.3 is 20.1 Å². The molecule has 3 unspecified atom stereocenters. The summed E-state index contributed by atoms with van der Waals surface area (Å²) in [6.07, 6.45) is 3.28. The van der Waals surface area contributed by atoms with E-state index in [2.05, 4.69) is 31.4 Å². The number of hydrogen-bond donors (Lipinski definition) is 2. The lowest BCUT2D eigenvalue weighted by Gasteiger charge is -2.40. The normalized spacial score (nSPS) is 23.4. The molecule has 23 heavy (non-hydrogen) atoms. The summed E-state index contributed by atoms with van der Waals surface area (Å²) < 4.78 is 11.3. The van der Waals surface area contributed by atoms with E-state index in [1.165, 1.54) is 11.1 Å². The third-order valence-electron chi connectivity index (χ3n) is 4.77. The monoisotopic (exact) mass is 320 g/mol. The van der Waals surface area contributed by atoms with Crippen molar-refractivity contribution in [1.82, 2.24) is 10.6 Å². The summed E-state index contributed by atoms with van der Waals surface area (Å²) in [5.41, 5.74) is 2.56. The van der Waals surface area contributed by atoms with Crippen LogP contribution >= 0.6 is 0 Å². The molecule has 4 heteroatoms. The predicted octanol–water partition coefficient (Wildman–Crippen LogP) is 3.30. The maximum absolute atomic E-state index is 5.69. The van der Waals surface area contributed by atoms with E-state index < -0.39 is 0 Å². The second kappa shape index (κ2) is 8.55. The number of benzene rings is 1. The first kappa shape index (κ1) is 18.1. The molecule has 3 atom stereocenters. The Balaban J connectivity index is 2.47. The van der Waals surface area contributed by atoms with Gasteiger partial charge in [-0.25, -0.2) is 0 Å². The molecule has 0 spiro atoms. The van der Waals surface area contributed by atoms with Crippen LogP contribution in [0.15, 0.2) is 12.1 Å². The van der Waals surface area contributed by atoms with Crippen molar-refractivity contribution in [3.63, 3.8) is 0 Å². The minimum absolute atomic E-state index is 0.255. The third kappa shape index (κ3) is 3.81. The number of hydrogen-bond acceptors (Lipinski definition) is 4. The van der Waals surface area contributed by atoms with Crippen LogP contribution in [0.25, 0.3) is 0 Å². The topological polar surface area (TPSA) is 42.5 Å². The first-order chi connectivity index (χ1) is 11.2. The third-order valence-corrected chi connectivity index (χ3v) is 4.77. The standard InChI is InChI=1S/C19H32N2O2/c1-6-10-20-18-13(3)12-14-15(22-4)8-9-16(23-5)17(14)19(18)21-11-7-2/h8-9,13,18-21H,6-7,10-12H2,1-5H3. The molecule has 0 heterocycles. The fourth-order valence-corrected chi connectivity index (χ4v) is 3.66. The minimum Gasteiger partial charge on any atom is -0.496 e. The maximum atomic E-state index is 5.69. The van der Waals surface area contributed by atoms with E-state index in [0.717, 1.165) is 43.9 Å². The maximum Gasteiger partial charge on any atom is 0.124 e. The lowest BCUT2D eigenvalue weighted by atomic mass is 9.76. The SMILES string of the molecule is CCCNC1c2c(OC)ccc(OC)c2CC(C)C1NCCC. The Hall–Kier alpha value is -1.26. The van der Waals surface area contributed by atoms with Crippen LogP contribution in [0.4, 0.5) is 0 Å². The van der Waals surface area contributed by atoms with Crippen LogP contribution in [-0.2, 0) is 6.42 Å². The van der Waals surface area contributed by atoms with Gasteiger partial charge in [-0.15, -0.1) is 0 Å². The highest BCUT2D eigenvalue weighted by Crippen LogP contribution is 2.43. The van der Waals surface area contributed by atoms with Gasteiger partial charge >= 0.3 is 0 Å². The Kier molecular flexibility index (Phi) is 6.72. The summed E-state index contributed by atoms with van der Waals surface area (Å²) in [6, 6.07) is 4.73. The number of nitrogens with one attached hydrogen (secondary N) is 2. The molecule has 1 aliphatic carbocycles. The lowest BCUT2D eigenvalue weighted by Crippen LogP contribution is -2.49. The molecule has 2 N–H and O–H groups in total. The van der Waals surface area contributed by atoms with Gasteiger partial charge in [-0.05, 0) is 50.4 Å². The Labute approximate surface area is 140 Å². The molecule has 0 saturated carbocycles. The van der Waals surface area contributed by atoms with Gasteiger partial charge in [0, 0.05) is 17.2 Å². The van der Waals surface area contributed by atoms with Crippen LogP contribution < -0.4 is 20.1 Å². The van der Waals surface area contributed by atoms with Gasteiger partial charge in [0.15, 0.2) is 0 Å². The number of rotatable bonds is 8. The predicted molar refractivity (Wildman–Crippen MR) is 95.5 cm³/mol. The molecule has 130 valence electrons. The van der Waals surface area contributed by atoms with Crippen molar-refractivity contribution in [2.75, 3.05) is 27.3 Å². The summed E-state index contributed by atoms with van der Waals surface area (Å²) in [4.78, 5) is 0. The molecular weight excluding hydrogens is 288 g/mol. The van der Waals surface area contributed by atoms with Gasteiger partial charge in [-0.2, -0.15) is 0 Å². The highest BCUT2D eigenvalue weighted by Gasteiger charge is 2.37. The van der Waals surface area contributed by atoms with E-state index in [1.54, 1.807) is 14.2 Å². The van der Waals surface area contributed by atoms with Crippen LogP contribution in [0.3, 0.4) is 0 Å². The van der Waals surface area contributed by atoms with Crippen molar-refractivity contribution in [3.8, 4) is 11.5 Å². The van der Waals surface area contributed by atoms with E-state index in [4.69, 9.17) is 9.47 Å². The average molecular weight is 320 g/mol. The smallest absolute Gasteiger partial charge is 0.124 e. The van der Waals surface area contributed by atoms with Gasteiger partial charge in [0.05, 0.1) is 20.3 Å². The van der Waals surface area contributed by atoms with Crippen LogP contribution in [-0.4, -0.2) is 33.4 Å². The van der Waals surface area contributed by atoms with Crippen molar-refractivity contribution in [1.29, 1.82) is 0 Å². The molecule has 0 radical (unpaired) electrons. The van der Waals surface area contributed by atoms with E-state index in [1.807, 2.05) is 12.1 Å². The Bertz CT molecular complexity index is 504. The lowest BCUT2D eigenvalue weighted by molar-refractivity contribution is 0.258. The molecule has 4 nitrogen and oxygen atoms in total. The second-order valence-corrected chi connectivity index (χ2v) is 6.46. The quantitative estimate of drug-likeness (QED) is 0.771. The number of methoxy groups -OCH3 is 2. The summed E-state index contributed by atoms with van der Waals surface area (Å²) in [7, 11) is 3.51. The molecule has 1 aromatic rings. The summed E-state index contributed by atoms with van der Waals surface area (Å²) in [5.74, 6) is 2.49. The highest BCUT2D eigenvalue weighted by molar-refractivity contribution is 5.52. The van der Waals surface area contributed by atoms with Crippen LogP contribution in [0.2, 0.25) is 0 Å². The summed E-state index contributed by atoms with van der Waals surface area (Å²) in [5, 5.41) is 7.50. The van der Waals surface area contributed by atoms with Gasteiger partial charge in [0.25, 0.3) is 0 Å². The minimum atomic E-state index is 0.255. The largest absolute Gasteiger partial charge is 0.496 e. The van der Waals surface area contributed by atoms with Crippen molar-refractivity contribution < 1.29 is 9.47 Å². The van der Waals surface area contributed by atoms with Crippen LogP contribution in [0, 0.1) is 5.92 Å². The van der Waals surface area contributed by atoms with Crippen molar-refractivity contribution in [2.45, 2.75) is 52.1 Å². The van der Waals surface area contributed by atoms with Gasteiger partial charge in [0.2, 0.25) is 0 Å². The second-order valence-electron chi connectivity index (χ2n) is 6.46. The molecule has 0 aromatic heterocycles. The highest BCUT2D eigenvalue weighted by atomic mass is 16.5. The molecule has 0 bridgehead atoms. The molecule has 2 rings (SSSR count). The van der Waals surface area contributed by atoms with Crippen molar-refractivity contribution >= 4 is 0 Å². The Morgan fingerprint density at radius 3 is 2.22 bits per heavy atom. The van der Waals surface area contributed by atoms with E-state index in [9.17, 15) is 0 Å². The molecule has 1 aliphatic rings. The van der Waals surface area contributed by atoms with Crippen LogP contribution in [0.1, 0.15) is 50.8 Å². The molecule has 0 saturated heterocycles. The van der Waals surface area contributed by atoms with E-state index in [-0.39, 0.29) is 6.04 Å².